The van der Waals surface area contributed by atoms with Crippen molar-refractivity contribution in [1.29, 1.82) is 0 Å². The number of halogens is 1. The minimum atomic E-state index is -0.0244. The number of nitrogens with one attached hydrogen (secondary N) is 1. The zero-order valence-corrected chi connectivity index (χ0v) is 7.67. The molecule has 0 saturated heterocycles. The average molecular weight is 186 g/mol. The molecule has 1 unspecified atom stereocenters. The summed E-state index contributed by atoms with van der Waals surface area (Å²) in [7, 11) is 0. The van der Waals surface area contributed by atoms with Crippen LogP contribution in [0.1, 0.15) is 24.9 Å². The first-order chi connectivity index (χ1) is 5.77. The molecular formula is C9H12ClNO. The summed E-state index contributed by atoms with van der Waals surface area (Å²) >= 11 is 5.79. The normalized spacial score (nSPS) is 12.9. The van der Waals surface area contributed by atoms with Gasteiger partial charge >= 0.3 is 0 Å². The fraction of sp³-hybridized carbons (Fsp3) is 0.333. The van der Waals surface area contributed by atoms with Gasteiger partial charge in [0, 0.05) is 5.02 Å². The fourth-order valence-corrected chi connectivity index (χ4v) is 1.32. The highest BCUT2D eigenvalue weighted by Gasteiger charge is 2.06. The van der Waals surface area contributed by atoms with Crippen LogP contribution in [0.25, 0.3) is 0 Å². The van der Waals surface area contributed by atoms with E-state index in [9.17, 15) is 0 Å². The summed E-state index contributed by atoms with van der Waals surface area (Å²) in [5, 5.41) is 9.47. The zero-order valence-electron chi connectivity index (χ0n) is 6.92. The van der Waals surface area contributed by atoms with Crippen LogP contribution in [0.5, 0.6) is 0 Å². The predicted octanol–water partition coefficient (Wildman–Crippen LogP) is 2.77. The largest absolute Gasteiger partial charge is 0.316 e. The topological polar surface area (TPSA) is 32.3 Å². The smallest absolute Gasteiger partial charge is 0.0566 e. The number of hydroxylamine groups is 1. The van der Waals surface area contributed by atoms with Crippen LogP contribution in [0.4, 0.5) is 0 Å². The lowest BCUT2D eigenvalue weighted by atomic mass is 10.1. The van der Waals surface area contributed by atoms with Crippen molar-refractivity contribution in [3.05, 3.63) is 34.9 Å². The Bertz CT molecular complexity index is 248. The lowest BCUT2D eigenvalue weighted by Gasteiger charge is -2.12. The molecule has 1 atom stereocenters. The van der Waals surface area contributed by atoms with E-state index in [1.54, 1.807) is 0 Å². The Morgan fingerprint density at radius 3 is 2.83 bits per heavy atom. The van der Waals surface area contributed by atoms with Crippen LogP contribution in [0.2, 0.25) is 5.02 Å². The maximum Gasteiger partial charge on any atom is 0.0566 e. The lowest BCUT2D eigenvalue weighted by molar-refractivity contribution is 0.124. The van der Waals surface area contributed by atoms with E-state index in [0.29, 0.717) is 5.02 Å². The SMILES string of the molecule is CCC(NO)c1cccc(Cl)c1. The van der Waals surface area contributed by atoms with Crippen molar-refractivity contribution in [2.24, 2.45) is 0 Å². The molecule has 1 rings (SSSR count). The van der Waals surface area contributed by atoms with Crippen molar-refractivity contribution in [3.8, 4) is 0 Å². The van der Waals surface area contributed by atoms with E-state index in [4.69, 9.17) is 16.8 Å². The van der Waals surface area contributed by atoms with Gasteiger partial charge in [0.1, 0.15) is 0 Å². The van der Waals surface area contributed by atoms with E-state index in [0.717, 1.165) is 12.0 Å². The standard InChI is InChI=1S/C9H12ClNO/c1-2-9(11-12)7-4-3-5-8(10)6-7/h3-6,9,11-12H,2H2,1H3. The summed E-state index contributed by atoms with van der Waals surface area (Å²) in [6.45, 7) is 1.99. The average Bonchev–Trinajstić information content (AvgIpc) is 2.07. The summed E-state index contributed by atoms with van der Waals surface area (Å²) in [6.07, 6.45) is 0.830. The van der Waals surface area contributed by atoms with Gasteiger partial charge in [-0.1, -0.05) is 30.7 Å². The van der Waals surface area contributed by atoms with Crippen LogP contribution in [0.3, 0.4) is 0 Å². The summed E-state index contributed by atoms with van der Waals surface area (Å²) in [5.74, 6) is 0. The molecule has 0 spiro atoms. The van der Waals surface area contributed by atoms with Gasteiger partial charge in [-0.25, -0.2) is 0 Å². The van der Waals surface area contributed by atoms with Crippen LogP contribution >= 0.6 is 11.6 Å². The summed E-state index contributed by atoms with van der Waals surface area (Å²) in [5.41, 5.74) is 3.24. The molecule has 0 aromatic heterocycles. The molecule has 0 aliphatic carbocycles. The Morgan fingerprint density at radius 1 is 1.58 bits per heavy atom. The molecule has 0 amide bonds. The van der Waals surface area contributed by atoms with E-state index in [-0.39, 0.29) is 6.04 Å². The molecule has 0 heterocycles. The molecular weight excluding hydrogens is 174 g/mol. The van der Waals surface area contributed by atoms with Crippen molar-refractivity contribution in [2.45, 2.75) is 19.4 Å². The second kappa shape index (κ2) is 4.45. The van der Waals surface area contributed by atoms with Gasteiger partial charge in [-0.3, -0.25) is 0 Å². The zero-order chi connectivity index (χ0) is 8.97. The fourth-order valence-electron chi connectivity index (χ4n) is 1.12. The molecule has 0 saturated carbocycles. The molecule has 2 N–H and O–H groups in total. The van der Waals surface area contributed by atoms with Gasteiger partial charge in [-0.15, -0.1) is 0 Å². The molecule has 0 fully saturated rings. The third kappa shape index (κ3) is 2.21. The van der Waals surface area contributed by atoms with E-state index in [1.165, 1.54) is 0 Å². The van der Waals surface area contributed by atoms with E-state index in [1.807, 2.05) is 31.2 Å². The van der Waals surface area contributed by atoms with Crippen LogP contribution in [0.15, 0.2) is 24.3 Å². The molecule has 0 radical (unpaired) electrons. The second-order valence-electron chi connectivity index (χ2n) is 2.64. The van der Waals surface area contributed by atoms with Crippen LogP contribution in [0, 0.1) is 0 Å². The Hall–Kier alpha value is -0.570. The van der Waals surface area contributed by atoms with Gasteiger partial charge in [0.25, 0.3) is 0 Å². The number of benzene rings is 1. The summed E-state index contributed by atoms with van der Waals surface area (Å²) in [6, 6.07) is 7.44. The first kappa shape index (κ1) is 9.52. The highest BCUT2D eigenvalue weighted by Crippen LogP contribution is 2.19. The van der Waals surface area contributed by atoms with E-state index < -0.39 is 0 Å². The molecule has 3 heteroatoms. The predicted molar refractivity (Wildman–Crippen MR) is 49.4 cm³/mol. The number of hydrogen-bond donors (Lipinski definition) is 2. The molecule has 2 nitrogen and oxygen atoms in total. The Labute approximate surface area is 77.1 Å². The molecule has 0 bridgehead atoms. The van der Waals surface area contributed by atoms with Crippen molar-refractivity contribution in [3.63, 3.8) is 0 Å². The summed E-state index contributed by atoms with van der Waals surface area (Å²) < 4.78 is 0. The number of rotatable bonds is 3. The Kier molecular flexibility index (Phi) is 3.53. The molecule has 1 aromatic rings. The highest BCUT2D eigenvalue weighted by atomic mass is 35.5. The van der Waals surface area contributed by atoms with Crippen molar-refractivity contribution < 1.29 is 5.21 Å². The van der Waals surface area contributed by atoms with Gasteiger partial charge in [-0.05, 0) is 24.1 Å². The lowest BCUT2D eigenvalue weighted by Crippen LogP contribution is -2.15. The summed E-state index contributed by atoms with van der Waals surface area (Å²) in [4.78, 5) is 0. The van der Waals surface area contributed by atoms with Gasteiger partial charge < -0.3 is 5.21 Å². The first-order valence-corrected chi connectivity index (χ1v) is 4.30. The van der Waals surface area contributed by atoms with Crippen molar-refractivity contribution in [2.75, 3.05) is 0 Å². The molecule has 66 valence electrons. The quantitative estimate of drug-likeness (QED) is 0.710. The second-order valence-corrected chi connectivity index (χ2v) is 3.08. The minimum absolute atomic E-state index is 0.0244. The first-order valence-electron chi connectivity index (χ1n) is 3.93. The van der Waals surface area contributed by atoms with Gasteiger partial charge in [0.15, 0.2) is 0 Å². The third-order valence-corrected chi connectivity index (χ3v) is 2.05. The molecule has 12 heavy (non-hydrogen) atoms. The van der Waals surface area contributed by atoms with Gasteiger partial charge in [0.05, 0.1) is 6.04 Å². The maximum absolute atomic E-state index is 8.78. The van der Waals surface area contributed by atoms with Crippen LogP contribution in [-0.4, -0.2) is 5.21 Å². The van der Waals surface area contributed by atoms with E-state index >= 15 is 0 Å². The highest BCUT2D eigenvalue weighted by molar-refractivity contribution is 6.30. The molecule has 0 aliphatic heterocycles. The van der Waals surface area contributed by atoms with Crippen LogP contribution < -0.4 is 5.48 Å². The monoisotopic (exact) mass is 185 g/mol. The van der Waals surface area contributed by atoms with Gasteiger partial charge in [-0.2, -0.15) is 5.48 Å². The van der Waals surface area contributed by atoms with Crippen molar-refractivity contribution >= 4 is 11.6 Å². The Balaban J connectivity index is 2.85. The molecule has 1 aromatic carbocycles. The van der Waals surface area contributed by atoms with Crippen LogP contribution in [-0.2, 0) is 0 Å². The number of hydrogen-bond acceptors (Lipinski definition) is 2. The minimum Gasteiger partial charge on any atom is -0.316 e. The van der Waals surface area contributed by atoms with Crippen molar-refractivity contribution in [1.82, 2.24) is 5.48 Å². The Morgan fingerprint density at radius 2 is 2.33 bits per heavy atom. The molecule has 0 aliphatic rings. The maximum atomic E-state index is 8.78. The third-order valence-electron chi connectivity index (χ3n) is 1.82. The van der Waals surface area contributed by atoms with E-state index in [2.05, 4.69) is 5.48 Å². The van der Waals surface area contributed by atoms with Gasteiger partial charge in [0.2, 0.25) is 0 Å².